The zero-order valence-corrected chi connectivity index (χ0v) is 21.2. The quantitative estimate of drug-likeness (QED) is 0.474. The highest BCUT2D eigenvalue weighted by Gasteiger charge is 2.40. The topological polar surface area (TPSA) is 128 Å². The Morgan fingerprint density at radius 2 is 1.76 bits per heavy atom. The summed E-state index contributed by atoms with van der Waals surface area (Å²) in [5.74, 6) is -0.617. The van der Waals surface area contributed by atoms with Crippen molar-refractivity contribution in [2.75, 3.05) is 30.2 Å². The van der Waals surface area contributed by atoms with Gasteiger partial charge < -0.3 is 24.4 Å². The summed E-state index contributed by atoms with van der Waals surface area (Å²) in [7, 11) is -4.00. The fourth-order valence-electron chi connectivity index (χ4n) is 4.42. The van der Waals surface area contributed by atoms with Crippen LogP contribution in [-0.2, 0) is 24.2 Å². The molecule has 196 valence electrons. The molecule has 5 rings (SSSR count). The Labute approximate surface area is 219 Å². The monoisotopic (exact) mass is 536 g/mol. The average Bonchev–Trinajstić information content (AvgIpc) is 3.36. The van der Waals surface area contributed by atoms with Gasteiger partial charge in [0.25, 0.3) is 0 Å². The summed E-state index contributed by atoms with van der Waals surface area (Å²) in [6, 6.07) is 17.0. The zero-order valence-electron chi connectivity index (χ0n) is 20.4. The van der Waals surface area contributed by atoms with Crippen molar-refractivity contribution >= 4 is 39.0 Å². The number of fused-ring (bicyclic) bond motifs is 2. The highest BCUT2D eigenvalue weighted by Crippen LogP contribution is 2.43. The van der Waals surface area contributed by atoms with Crippen molar-refractivity contribution < 1.29 is 37.0 Å². The molecule has 0 fully saturated rings. The lowest BCUT2D eigenvalue weighted by molar-refractivity contribution is -0.121. The lowest BCUT2D eigenvalue weighted by Crippen LogP contribution is -2.38. The predicted octanol–water partition coefficient (Wildman–Crippen LogP) is 3.48. The smallest absolute Gasteiger partial charge is 0.338 e. The molecule has 0 spiro atoms. The van der Waals surface area contributed by atoms with Gasteiger partial charge in [-0.25, -0.2) is 13.2 Å². The van der Waals surface area contributed by atoms with Gasteiger partial charge in [0.1, 0.15) is 6.54 Å². The Balaban J connectivity index is 1.40. The maximum Gasteiger partial charge on any atom is 0.338 e. The number of nitrogens with zero attached hydrogens (tertiary/aromatic N) is 1. The van der Waals surface area contributed by atoms with Crippen LogP contribution in [0.3, 0.4) is 0 Å². The van der Waals surface area contributed by atoms with Gasteiger partial charge in [-0.05, 0) is 61.0 Å². The third-order valence-corrected chi connectivity index (χ3v) is 8.39. The number of hydrogen-bond donors (Lipinski definition) is 1. The average molecular weight is 537 g/mol. The third kappa shape index (κ3) is 4.80. The van der Waals surface area contributed by atoms with Crippen molar-refractivity contribution in [2.24, 2.45) is 0 Å². The fraction of sp³-hybridized carbons (Fsp3) is 0.222. The van der Waals surface area contributed by atoms with E-state index < -0.39 is 39.4 Å². The molecule has 11 heteroatoms. The van der Waals surface area contributed by atoms with Gasteiger partial charge in [-0.15, -0.1) is 0 Å². The Kier molecular flexibility index (Phi) is 6.77. The van der Waals surface area contributed by atoms with Crippen LogP contribution in [-0.4, -0.2) is 46.1 Å². The summed E-state index contributed by atoms with van der Waals surface area (Å²) in [6.45, 7) is 1.58. The van der Waals surface area contributed by atoms with E-state index in [0.717, 1.165) is 0 Å². The fourth-order valence-corrected chi connectivity index (χ4v) is 6.33. The number of nitrogens with one attached hydrogen (secondary N) is 1. The molecule has 1 atom stereocenters. The first-order valence-corrected chi connectivity index (χ1v) is 13.4. The Morgan fingerprint density at radius 3 is 2.53 bits per heavy atom. The van der Waals surface area contributed by atoms with E-state index in [1.54, 1.807) is 49.4 Å². The predicted molar refractivity (Wildman–Crippen MR) is 137 cm³/mol. The molecule has 0 bridgehead atoms. The van der Waals surface area contributed by atoms with E-state index in [1.165, 1.54) is 29.2 Å². The first-order valence-electron chi connectivity index (χ1n) is 11.9. The number of anilines is 2. The number of benzene rings is 3. The molecular formula is C27H24N2O8S. The normalized spacial score (nSPS) is 17.3. The second kappa shape index (κ2) is 10.2. The van der Waals surface area contributed by atoms with Crippen LogP contribution in [0.25, 0.3) is 0 Å². The number of sulfone groups is 1. The van der Waals surface area contributed by atoms with Crippen LogP contribution in [0.1, 0.15) is 34.5 Å². The van der Waals surface area contributed by atoms with Gasteiger partial charge >= 0.3 is 5.97 Å². The number of rotatable bonds is 6. The molecule has 3 aromatic rings. The van der Waals surface area contributed by atoms with Crippen LogP contribution in [0.15, 0.2) is 71.6 Å². The van der Waals surface area contributed by atoms with Crippen molar-refractivity contribution in [3.05, 3.63) is 77.9 Å². The van der Waals surface area contributed by atoms with Gasteiger partial charge in [0.15, 0.2) is 21.3 Å². The first kappa shape index (κ1) is 25.3. The molecule has 0 saturated heterocycles. The summed E-state index contributed by atoms with van der Waals surface area (Å²) in [5.41, 5.74) is 1.27. The second-order valence-corrected chi connectivity index (χ2v) is 10.7. The van der Waals surface area contributed by atoms with Crippen LogP contribution < -0.4 is 19.7 Å². The summed E-state index contributed by atoms with van der Waals surface area (Å²) in [6.07, 6.45) is -0.363. The Bertz CT molecular complexity index is 1520. The lowest BCUT2D eigenvalue weighted by Gasteiger charge is -2.22. The molecule has 0 radical (unpaired) electrons. The van der Waals surface area contributed by atoms with Crippen molar-refractivity contribution in [1.29, 1.82) is 0 Å². The van der Waals surface area contributed by atoms with E-state index in [2.05, 4.69) is 5.32 Å². The minimum absolute atomic E-state index is 0.0341. The molecule has 2 aliphatic heterocycles. The minimum atomic E-state index is -4.00. The van der Waals surface area contributed by atoms with Gasteiger partial charge in [0.05, 0.1) is 28.0 Å². The number of amides is 2. The molecule has 10 nitrogen and oxygen atoms in total. The number of carbonyl (C=O) groups is 3. The molecule has 1 unspecified atom stereocenters. The largest absolute Gasteiger partial charge is 0.462 e. The zero-order chi connectivity index (χ0) is 26.9. The number of para-hydroxylation sites is 1. The van der Waals surface area contributed by atoms with E-state index in [0.29, 0.717) is 28.3 Å². The molecule has 0 saturated carbocycles. The van der Waals surface area contributed by atoms with E-state index in [1.807, 2.05) is 0 Å². The first-order chi connectivity index (χ1) is 18.3. The lowest BCUT2D eigenvalue weighted by atomic mass is 10.1. The van der Waals surface area contributed by atoms with E-state index in [9.17, 15) is 22.8 Å². The van der Waals surface area contributed by atoms with Crippen LogP contribution in [0, 0.1) is 0 Å². The van der Waals surface area contributed by atoms with Crippen molar-refractivity contribution in [2.45, 2.75) is 23.5 Å². The standard InChI is InChI=1S/C27H24N2O8S/c1-2-35-27(32)17-7-10-19(11-8-17)28-25(30)15-29-20-5-3-4-6-23(20)38(33,34)24(14-26(29)31)18-9-12-21-22(13-18)37-16-36-21/h3-13,24H,2,14-16H2,1H3,(H,28,30). The SMILES string of the molecule is CCOC(=O)c1ccc(NC(=O)CN2C(=O)CC(c3ccc4c(c3)OCO4)S(=O)(=O)c3ccccc32)cc1. The van der Waals surface area contributed by atoms with Crippen LogP contribution >= 0.6 is 0 Å². The molecule has 2 amide bonds. The van der Waals surface area contributed by atoms with Gasteiger partial charge in [0, 0.05) is 12.1 Å². The van der Waals surface area contributed by atoms with E-state index in [-0.39, 0.29) is 30.4 Å². The molecular weight excluding hydrogens is 512 g/mol. The minimum Gasteiger partial charge on any atom is -0.462 e. The second-order valence-electron chi connectivity index (χ2n) is 8.64. The van der Waals surface area contributed by atoms with Gasteiger partial charge in [0.2, 0.25) is 18.6 Å². The summed E-state index contributed by atoms with van der Waals surface area (Å²) >= 11 is 0. The maximum absolute atomic E-state index is 13.7. The molecule has 38 heavy (non-hydrogen) atoms. The summed E-state index contributed by atoms with van der Waals surface area (Å²) in [5, 5.41) is 1.51. The van der Waals surface area contributed by atoms with Gasteiger partial charge in [-0.2, -0.15) is 0 Å². The molecule has 0 aromatic heterocycles. The maximum atomic E-state index is 13.7. The Morgan fingerprint density at radius 1 is 1.03 bits per heavy atom. The number of hydrogen-bond acceptors (Lipinski definition) is 8. The third-order valence-electron chi connectivity index (χ3n) is 6.25. The van der Waals surface area contributed by atoms with Crippen molar-refractivity contribution in [3.8, 4) is 11.5 Å². The van der Waals surface area contributed by atoms with Gasteiger partial charge in [-0.1, -0.05) is 18.2 Å². The highest BCUT2D eigenvalue weighted by atomic mass is 32.2. The summed E-state index contributed by atoms with van der Waals surface area (Å²) in [4.78, 5) is 39.3. The molecule has 2 aliphatic rings. The number of esters is 1. The molecule has 2 heterocycles. The molecule has 1 N–H and O–H groups in total. The van der Waals surface area contributed by atoms with Gasteiger partial charge in [-0.3, -0.25) is 9.59 Å². The van der Waals surface area contributed by atoms with Crippen LogP contribution in [0.4, 0.5) is 11.4 Å². The van der Waals surface area contributed by atoms with Crippen LogP contribution in [0.5, 0.6) is 11.5 Å². The van der Waals surface area contributed by atoms with Crippen molar-refractivity contribution in [3.63, 3.8) is 0 Å². The highest BCUT2D eigenvalue weighted by molar-refractivity contribution is 7.92. The summed E-state index contributed by atoms with van der Waals surface area (Å²) < 4.78 is 43.1. The Hall–Kier alpha value is -4.38. The molecule has 0 aliphatic carbocycles. The molecule has 3 aromatic carbocycles. The number of carbonyl (C=O) groups excluding carboxylic acids is 3. The van der Waals surface area contributed by atoms with E-state index in [4.69, 9.17) is 14.2 Å². The van der Waals surface area contributed by atoms with Crippen molar-refractivity contribution in [1.82, 2.24) is 0 Å². The van der Waals surface area contributed by atoms with Crippen LogP contribution in [0.2, 0.25) is 0 Å². The number of ether oxygens (including phenoxy) is 3. The van der Waals surface area contributed by atoms with E-state index >= 15 is 0 Å².